The van der Waals surface area contributed by atoms with E-state index >= 15 is 0 Å². The number of alkyl halides is 4. The number of anilines is 2. The van der Waals surface area contributed by atoms with E-state index in [1.54, 1.807) is 34.9 Å². The van der Waals surface area contributed by atoms with Crippen LogP contribution in [0.5, 0.6) is 0 Å². The van der Waals surface area contributed by atoms with Gasteiger partial charge in [0.25, 0.3) is 0 Å². The Labute approximate surface area is 172 Å². The van der Waals surface area contributed by atoms with Gasteiger partial charge in [-0.15, -0.1) is 0 Å². The van der Waals surface area contributed by atoms with Crippen LogP contribution >= 0.6 is 0 Å². The lowest BCUT2D eigenvalue weighted by Gasteiger charge is -2.24. The van der Waals surface area contributed by atoms with Gasteiger partial charge in [0.2, 0.25) is 0 Å². The summed E-state index contributed by atoms with van der Waals surface area (Å²) in [6.45, 7) is 7.66. The lowest BCUT2D eigenvalue weighted by atomic mass is 10.0. The van der Waals surface area contributed by atoms with Crippen LogP contribution in [0.3, 0.4) is 0 Å². The molecule has 0 aliphatic heterocycles. The van der Waals surface area contributed by atoms with Crippen LogP contribution in [-0.2, 0) is 9.59 Å². The van der Waals surface area contributed by atoms with Crippen LogP contribution in [0.25, 0.3) is 0 Å². The van der Waals surface area contributed by atoms with E-state index < -0.39 is 23.7 Å². The number of rotatable bonds is 7. The maximum absolute atomic E-state index is 14.2. The van der Waals surface area contributed by atoms with Crippen molar-refractivity contribution >= 4 is 23.2 Å². The van der Waals surface area contributed by atoms with Crippen LogP contribution in [0, 0.1) is 0 Å². The molecule has 0 saturated carbocycles. The topological polar surface area (TPSA) is 58.2 Å². The minimum atomic E-state index is -5.26. The van der Waals surface area contributed by atoms with E-state index in [2.05, 4.69) is 0 Å². The van der Waals surface area contributed by atoms with E-state index in [4.69, 9.17) is 0 Å². The summed E-state index contributed by atoms with van der Waals surface area (Å²) >= 11 is 0. The minimum Gasteiger partial charge on any atom is -0.321 e. The summed E-state index contributed by atoms with van der Waals surface area (Å²) in [6, 6.07) is 11.7. The molecule has 0 bridgehead atoms. The smallest absolute Gasteiger partial charge is 0.321 e. The van der Waals surface area contributed by atoms with Crippen molar-refractivity contribution < 1.29 is 27.2 Å². The normalized spacial score (nSPS) is 12.2. The summed E-state index contributed by atoms with van der Waals surface area (Å²) in [5, 5.41) is 3.49. The van der Waals surface area contributed by atoms with Gasteiger partial charge < -0.3 is 10.6 Å². The fraction of sp³-hybridized carbons (Fsp3) is 0.364. The molecule has 0 radical (unpaired) electrons. The van der Waals surface area contributed by atoms with Gasteiger partial charge in [-0.25, -0.2) is 0 Å². The monoisotopic (exact) mass is 424 g/mol. The molecule has 2 N–H and O–H groups in total. The Morgan fingerprint density at radius 2 is 0.900 bits per heavy atom. The molecule has 0 heterocycles. The van der Waals surface area contributed by atoms with E-state index in [0.29, 0.717) is 0 Å². The van der Waals surface area contributed by atoms with Crippen molar-refractivity contribution in [2.24, 2.45) is 0 Å². The average molecular weight is 424 g/mol. The summed E-state index contributed by atoms with van der Waals surface area (Å²) in [4.78, 5) is 23.7. The number of halogens is 4. The molecular formula is C22H24F4N2O2. The van der Waals surface area contributed by atoms with Gasteiger partial charge in [0.1, 0.15) is 0 Å². The summed E-state index contributed by atoms with van der Waals surface area (Å²) in [6.07, 6.45) is 0. The quantitative estimate of drug-likeness (QED) is 0.554. The highest BCUT2D eigenvalue weighted by Gasteiger charge is 2.67. The zero-order valence-corrected chi connectivity index (χ0v) is 17.1. The maximum Gasteiger partial charge on any atom is 0.396 e. The minimum absolute atomic E-state index is 0.0791. The van der Waals surface area contributed by atoms with Crippen molar-refractivity contribution in [1.29, 1.82) is 0 Å². The van der Waals surface area contributed by atoms with E-state index in [0.717, 1.165) is 11.1 Å². The Kier molecular flexibility index (Phi) is 6.90. The van der Waals surface area contributed by atoms with Crippen molar-refractivity contribution in [2.75, 3.05) is 10.6 Å². The van der Waals surface area contributed by atoms with E-state index in [-0.39, 0.29) is 23.2 Å². The van der Waals surface area contributed by atoms with Gasteiger partial charge in [0.05, 0.1) is 0 Å². The van der Waals surface area contributed by atoms with Crippen molar-refractivity contribution in [3.05, 3.63) is 59.7 Å². The Morgan fingerprint density at radius 3 is 1.13 bits per heavy atom. The fourth-order valence-corrected chi connectivity index (χ4v) is 2.61. The predicted molar refractivity (Wildman–Crippen MR) is 108 cm³/mol. The number of benzene rings is 2. The van der Waals surface area contributed by atoms with Gasteiger partial charge in [-0.05, 0) is 47.2 Å². The van der Waals surface area contributed by atoms with Crippen molar-refractivity contribution in [2.45, 2.75) is 51.4 Å². The Balaban J connectivity index is 2.12. The zero-order valence-electron chi connectivity index (χ0n) is 17.1. The Hall–Kier alpha value is -2.90. The molecule has 30 heavy (non-hydrogen) atoms. The summed E-state index contributed by atoms with van der Waals surface area (Å²) < 4.78 is 56.8. The second-order valence-electron chi connectivity index (χ2n) is 7.61. The van der Waals surface area contributed by atoms with Crippen molar-refractivity contribution in [1.82, 2.24) is 0 Å². The predicted octanol–water partition coefficient (Wildman–Crippen LogP) is 5.78. The third-order valence-electron chi connectivity index (χ3n) is 4.64. The molecule has 0 aliphatic rings. The molecule has 0 aromatic heterocycles. The molecule has 0 fully saturated rings. The highest BCUT2D eigenvalue weighted by Crippen LogP contribution is 2.36. The highest BCUT2D eigenvalue weighted by molar-refractivity contribution is 6.05. The molecule has 0 atom stereocenters. The van der Waals surface area contributed by atoms with Gasteiger partial charge in [0, 0.05) is 11.4 Å². The zero-order chi connectivity index (χ0) is 22.7. The molecule has 0 aliphatic carbocycles. The fourth-order valence-electron chi connectivity index (χ4n) is 2.61. The number of hydrogen-bond acceptors (Lipinski definition) is 2. The third-order valence-corrected chi connectivity index (χ3v) is 4.64. The first-order chi connectivity index (χ1) is 13.9. The van der Waals surface area contributed by atoms with Crippen LogP contribution in [-0.4, -0.2) is 23.7 Å². The molecular weight excluding hydrogens is 400 g/mol. The standard InChI is InChI=1S/C22H24F4N2O2/c1-13(2)15-5-9-17(10-6-15)27-19(29)21(23,24)22(25,26)20(30)28-18-11-7-16(8-12-18)14(3)4/h5-14H,1-4H3,(H,27,29)(H,28,30). The van der Waals surface area contributed by atoms with Gasteiger partial charge >= 0.3 is 23.7 Å². The van der Waals surface area contributed by atoms with E-state index in [1.807, 2.05) is 27.7 Å². The molecule has 162 valence electrons. The third kappa shape index (κ3) is 4.98. The Bertz CT molecular complexity index is 817. The van der Waals surface area contributed by atoms with Gasteiger partial charge in [-0.3, -0.25) is 9.59 Å². The van der Waals surface area contributed by atoms with Gasteiger partial charge in [-0.2, -0.15) is 17.6 Å². The molecule has 2 rings (SSSR count). The SMILES string of the molecule is CC(C)c1ccc(NC(=O)C(F)(F)C(F)(F)C(=O)Nc2ccc(C(C)C)cc2)cc1. The van der Waals surface area contributed by atoms with E-state index in [1.165, 1.54) is 24.3 Å². The largest absolute Gasteiger partial charge is 0.396 e. The van der Waals surface area contributed by atoms with Crippen LogP contribution < -0.4 is 10.6 Å². The van der Waals surface area contributed by atoms with Crippen LogP contribution in [0.2, 0.25) is 0 Å². The summed E-state index contributed by atoms with van der Waals surface area (Å²) in [5.41, 5.74) is 1.61. The van der Waals surface area contributed by atoms with Crippen LogP contribution in [0.1, 0.15) is 50.7 Å². The first kappa shape index (κ1) is 23.4. The molecule has 0 unspecified atom stereocenters. The number of carbonyl (C=O) groups is 2. The molecule has 2 amide bonds. The second-order valence-corrected chi connectivity index (χ2v) is 7.61. The molecule has 4 nitrogen and oxygen atoms in total. The molecule has 2 aromatic carbocycles. The number of carbonyl (C=O) groups excluding carboxylic acids is 2. The van der Waals surface area contributed by atoms with Crippen molar-refractivity contribution in [3.8, 4) is 0 Å². The molecule has 2 aromatic rings. The second kappa shape index (κ2) is 8.85. The number of hydrogen-bond donors (Lipinski definition) is 2. The first-order valence-electron chi connectivity index (χ1n) is 9.44. The van der Waals surface area contributed by atoms with E-state index in [9.17, 15) is 27.2 Å². The van der Waals surface area contributed by atoms with Gasteiger partial charge in [0.15, 0.2) is 0 Å². The Morgan fingerprint density at radius 1 is 0.633 bits per heavy atom. The summed E-state index contributed by atoms with van der Waals surface area (Å²) in [5.74, 6) is -14.7. The summed E-state index contributed by atoms with van der Waals surface area (Å²) in [7, 11) is 0. The van der Waals surface area contributed by atoms with Crippen molar-refractivity contribution in [3.63, 3.8) is 0 Å². The first-order valence-corrected chi connectivity index (χ1v) is 9.44. The maximum atomic E-state index is 14.2. The average Bonchev–Trinajstić information content (AvgIpc) is 2.68. The molecule has 0 saturated heterocycles. The van der Waals surface area contributed by atoms with Crippen LogP contribution in [0.15, 0.2) is 48.5 Å². The van der Waals surface area contributed by atoms with Crippen LogP contribution in [0.4, 0.5) is 28.9 Å². The highest BCUT2D eigenvalue weighted by atomic mass is 19.3. The van der Waals surface area contributed by atoms with Gasteiger partial charge in [-0.1, -0.05) is 52.0 Å². The number of nitrogens with one attached hydrogen (secondary N) is 2. The molecule has 8 heteroatoms. The molecule has 0 spiro atoms. The number of amides is 2. The lowest BCUT2D eigenvalue weighted by Crippen LogP contribution is -2.56. The lowest BCUT2D eigenvalue weighted by molar-refractivity contribution is -0.204.